The van der Waals surface area contributed by atoms with Gasteiger partial charge in [-0.15, -0.1) is 0 Å². The molecule has 0 aromatic heterocycles. The summed E-state index contributed by atoms with van der Waals surface area (Å²) in [5.74, 6) is 2.63. The van der Waals surface area contributed by atoms with E-state index in [1.165, 1.54) is 5.75 Å². The Morgan fingerprint density at radius 3 is 2.44 bits per heavy atom. The fourth-order valence-corrected chi connectivity index (χ4v) is 1.39. The van der Waals surface area contributed by atoms with Gasteiger partial charge in [-0.05, 0) is 24.7 Å². The maximum atomic E-state index is 10.5. The second-order valence-corrected chi connectivity index (χ2v) is 4.77. The molecule has 1 atom stereocenters. The van der Waals surface area contributed by atoms with Crippen molar-refractivity contribution in [2.45, 2.75) is 20.3 Å². The lowest BCUT2D eigenvalue weighted by molar-refractivity contribution is -0.116. The second kappa shape index (κ2) is 4.86. The molecular formula is C7H15OS+. The van der Waals surface area contributed by atoms with Gasteiger partial charge in [-0.25, -0.2) is 0 Å². The van der Waals surface area contributed by atoms with Crippen LogP contribution in [0.5, 0.6) is 0 Å². The summed E-state index contributed by atoms with van der Waals surface area (Å²) in [5.41, 5.74) is 0. The Morgan fingerprint density at radius 1 is 1.56 bits per heavy atom. The monoisotopic (exact) mass is 147 g/mol. The highest BCUT2D eigenvalue weighted by Crippen LogP contribution is 1.94. The molecular weight excluding hydrogens is 132 g/mol. The van der Waals surface area contributed by atoms with Crippen LogP contribution in [0, 0.1) is 0 Å². The van der Waals surface area contributed by atoms with Crippen molar-refractivity contribution < 1.29 is 4.79 Å². The minimum absolute atomic E-state index is 0.322. The summed E-state index contributed by atoms with van der Waals surface area (Å²) in [6.45, 7) is 3.83. The summed E-state index contributed by atoms with van der Waals surface area (Å²) in [6.07, 6.45) is 2.98. The molecule has 54 valence electrons. The first-order chi connectivity index (χ1) is 4.16. The first-order valence-corrected chi connectivity index (χ1v) is 5.22. The van der Waals surface area contributed by atoms with E-state index >= 15 is 0 Å². The lowest BCUT2D eigenvalue weighted by Gasteiger charge is -1.95. The van der Waals surface area contributed by atoms with Crippen molar-refractivity contribution in [1.82, 2.24) is 0 Å². The predicted octanol–water partition coefficient (Wildman–Crippen LogP) is 1.23. The Bertz CT molecular complexity index is 90.9. The van der Waals surface area contributed by atoms with Crippen molar-refractivity contribution in [3.05, 3.63) is 0 Å². The Hall–Kier alpha value is 0.0200. The summed E-state index contributed by atoms with van der Waals surface area (Å²) < 4.78 is 0. The van der Waals surface area contributed by atoms with Crippen molar-refractivity contribution in [2.24, 2.45) is 0 Å². The first kappa shape index (κ1) is 9.02. The molecule has 0 amide bonds. The normalized spacial score (nSPS) is 13.2. The highest BCUT2D eigenvalue weighted by molar-refractivity contribution is 7.96. The number of hydrogen-bond acceptors (Lipinski definition) is 1. The van der Waals surface area contributed by atoms with E-state index in [4.69, 9.17) is 0 Å². The van der Waals surface area contributed by atoms with Gasteiger partial charge >= 0.3 is 0 Å². The standard InChI is InChI=1S/C7H15OS/c1-4-9(3)6-5-7(2)8/h4-6H2,1-3H3/q+1. The van der Waals surface area contributed by atoms with Crippen LogP contribution >= 0.6 is 0 Å². The molecule has 0 fully saturated rings. The molecule has 0 aromatic rings. The molecule has 0 N–H and O–H groups in total. The number of rotatable bonds is 4. The summed E-state index contributed by atoms with van der Waals surface area (Å²) in [4.78, 5) is 10.5. The van der Waals surface area contributed by atoms with Crippen LogP contribution in [0.1, 0.15) is 20.3 Å². The Balaban J connectivity index is 3.16. The van der Waals surface area contributed by atoms with Crippen LogP contribution in [0.15, 0.2) is 0 Å². The van der Waals surface area contributed by atoms with Crippen molar-refractivity contribution >= 4 is 16.7 Å². The Morgan fingerprint density at radius 2 is 2.11 bits per heavy atom. The molecule has 2 heteroatoms. The molecule has 0 aliphatic heterocycles. The number of carbonyl (C=O) groups is 1. The highest BCUT2D eigenvalue weighted by Gasteiger charge is 2.07. The number of ketones is 1. The van der Waals surface area contributed by atoms with Gasteiger partial charge in [-0.1, -0.05) is 0 Å². The largest absolute Gasteiger partial charge is 0.300 e. The molecule has 0 radical (unpaired) electrons. The zero-order valence-corrected chi connectivity index (χ0v) is 7.25. The van der Waals surface area contributed by atoms with E-state index in [0.29, 0.717) is 16.7 Å². The summed E-state index contributed by atoms with van der Waals surface area (Å²) in [7, 11) is 0.482. The third-order valence-electron chi connectivity index (χ3n) is 1.30. The lowest BCUT2D eigenvalue weighted by Crippen LogP contribution is -2.09. The van der Waals surface area contributed by atoms with E-state index < -0.39 is 0 Å². The molecule has 0 spiro atoms. The van der Waals surface area contributed by atoms with E-state index in [1.807, 2.05) is 0 Å². The molecule has 0 saturated carbocycles. The highest BCUT2D eigenvalue weighted by atomic mass is 32.2. The minimum atomic E-state index is 0.322. The maximum Gasteiger partial charge on any atom is 0.134 e. The van der Waals surface area contributed by atoms with E-state index in [-0.39, 0.29) is 0 Å². The summed E-state index contributed by atoms with van der Waals surface area (Å²) in [6, 6.07) is 0. The van der Waals surface area contributed by atoms with Crippen molar-refractivity contribution in [3.63, 3.8) is 0 Å². The first-order valence-electron chi connectivity index (χ1n) is 3.25. The molecule has 0 aliphatic rings. The Labute approximate surface area is 60.2 Å². The third-order valence-corrected chi connectivity index (χ3v) is 3.18. The molecule has 0 rings (SSSR count). The maximum absolute atomic E-state index is 10.5. The molecule has 0 heterocycles. The van der Waals surface area contributed by atoms with Crippen LogP contribution in [-0.2, 0) is 15.7 Å². The topological polar surface area (TPSA) is 17.1 Å². The number of Topliss-reactive ketones (excluding diaryl/α,β-unsaturated/α-hetero) is 1. The third kappa shape index (κ3) is 5.90. The Kier molecular flexibility index (Phi) is 4.87. The average molecular weight is 147 g/mol. The molecule has 0 aliphatic carbocycles. The van der Waals surface area contributed by atoms with Gasteiger partial charge in [-0.2, -0.15) is 0 Å². The van der Waals surface area contributed by atoms with Crippen LogP contribution in [0.2, 0.25) is 0 Å². The second-order valence-electron chi connectivity index (χ2n) is 2.23. The molecule has 1 nitrogen and oxygen atoms in total. The van der Waals surface area contributed by atoms with Crippen LogP contribution in [0.3, 0.4) is 0 Å². The SMILES string of the molecule is CC[S+](C)CCC(C)=O. The van der Waals surface area contributed by atoms with E-state index in [9.17, 15) is 4.79 Å². The predicted molar refractivity (Wildman–Crippen MR) is 44.0 cm³/mol. The summed E-state index contributed by atoms with van der Waals surface area (Å²) >= 11 is 0. The van der Waals surface area contributed by atoms with Gasteiger partial charge in [0.15, 0.2) is 0 Å². The molecule has 0 bridgehead atoms. The van der Waals surface area contributed by atoms with Gasteiger partial charge in [0.25, 0.3) is 0 Å². The van der Waals surface area contributed by atoms with Crippen LogP contribution in [0.25, 0.3) is 0 Å². The summed E-state index contributed by atoms with van der Waals surface area (Å²) in [5, 5.41) is 0. The van der Waals surface area contributed by atoms with Crippen LogP contribution in [-0.4, -0.2) is 23.5 Å². The van der Waals surface area contributed by atoms with Crippen LogP contribution < -0.4 is 0 Å². The number of carbonyl (C=O) groups excluding carboxylic acids is 1. The van der Waals surface area contributed by atoms with Gasteiger partial charge in [0.2, 0.25) is 0 Å². The van der Waals surface area contributed by atoms with E-state index in [1.54, 1.807) is 6.92 Å². The van der Waals surface area contributed by atoms with Gasteiger partial charge < -0.3 is 0 Å². The van der Waals surface area contributed by atoms with Gasteiger partial charge in [-0.3, -0.25) is 4.79 Å². The van der Waals surface area contributed by atoms with E-state index in [0.717, 1.165) is 12.2 Å². The quantitative estimate of drug-likeness (QED) is 0.547. The van der Waals surface area contributed by atoms with E-state index in [2.05, 4.69) is 13.2 Å². The van der Waals surface area contributed by atoms with Crippen molar-refractivity contribution in [1.29, 1.82) is 0 Å². The van der Waals surface area contributed by atoms with Gasteiger partial charge in [0.05, 0.1) is 12.7 Å². The smallest absolute Gasteiger partial charge is 0.134 e. The van der Waals surface area contributed by atoms with Gasteiger partial charge in [0, 0.05) is 0 Å². The fourth-order valence-electron chi connectivity index (χ4n) is 0.462. The zero-order chi connectivity index (χ0) is 7.28. The fraction of sp³-hybridized carbons (Fsp3) is 0.857. The van der Waals surface area contributed by atoms with Crippen molar-refractivity contribution in [3.8, 4) is 0 Å². The average Bonchev–Trinajstić information content (AvgIpc) is 1.83. The lowest BCUT2D eigenvalue weighted by atomic mass is 10.4. The molecule has 0 aromatic carbocycles. The molecule has 9 heavy (non-hydrogen) atoms. The molecule has 0 saturated heterocycles. The van der Waals surface area contributed by atoms with Crippen LogP contribution in [0.4, 0.5) is 0 Å². The van der Waals surface area contributed by atoms with Gasteiger partial charge in [0.1, 0.15) is 17.3 Å². The van der Waals surface area contributed by atoms with Crippen molar-refractivity contribution in [2.75, 3.05) is 17.8 Å². The zero-order valence-electron chi connectivity index (χ0n) is 6.44. The molecule has 1 unspecified atom stereocenters. The minimum Gasteiger partial charge on any atom is -0.300 e. The number of hydrogen-bond donors (Lipinski definition) is 0.